The molecule has 0 aromatic heterocycles. The fraction of sp³-hybridized carbons (Fsp3) is 0.300. The van der Waals surface area contributed by atoms with Crippen LogP contribution in [0, 0.1) is 0 Å². The average Bonchev–Trinajstić information content (AvgIpc) is 2.64. The molecule has 0 atom stereocenters. The second kappa shape index (κ2) is 5.78. The van der Waals surface area contributed by atoms with Crippen molar-refractivity contribution in [3.63, 3.8) is 0 Å². The minimum absolute atomic E-state index is 0.102. The molecule has 1 aliphatic heterocycles. The number of rotatable bonds is 2. The van der Waals surface area contributed by atoms with E-state index in [0.717, 1.165) is 11.1 Å². The Bertz CT molecular complexity index is 828. The molecule has 1 heterocycles. The number of carboxylic acids is 1. The van der Waals surface area contributed by atoms with Gasteiger partial charge in [0.05, 0.1) is 12.0 Å². The van der Waals surface area contributed by atoms with Crippen molar-refractivity contribution in [3.8, 4) is 5.75 Å². The molecule has 0 fully saturated rings. The monoisotopic (exact) mass is 324 g/mol. The van der Waals surface area contributed by atoms with E-state index >= 15 is 0 Å². The number of aliphatic carboxylic acids is 1. The molecule has 0 saturated carbocycles. The number of benzene rings is 2. The molecule has 0 unspecified atom stereocenters. The minimum atomic E-state index is -0.914. The van der Waals surface area contributed by atoms with Crippen LogP contribution in [0.5, 0.6) is 5.75 Å². The number of carbonyl (C=O) groups excluding carboxylic acids is 1. The quantitative estimate of drug-likeness (QED) is 0.914. The second-order valence-corrected chi connectivity index (χ2v) is 7.07. The van der Waals surface area contributed by atoms with Crippen molar-refractivity contribution < 1.29 is 19.4 Å². The van der Waals surface area contributed by atoms with Gasteiger partial charge in [-0.1, -0.05) is 51.1 Å². The highest BCUT2D eigenvalue weighted by molar-refractivity contribution is 6.13. The molecule has 1 aliphatic rings. The Kier molecular flexibility index (Phi) is 3.91. The molecule has 0 bridgehead atoms. The van der Waals surface area contributed by atoms with Crippen LogP contribution in [0.2, 0.25) is 0 Å². The van der Waals surface area contributed by atoms with E-state index in [0.29, 0.717) is 29.0 Å². The maximum absolute atomic E-state index is 13.2. The zero-order chi connectivity index (χ0) is 17.5. The number of ether oxygens (including phenoxy) is 1. The van der Waals surface area contributed by atoms with Gasteiger partial charge in [0.25, 0.3) is 0 Å². The summed E-state index contributed by atoms with van der Waals surface area (Å²) in [4.78, 5) is 24.5. The second-order valence-electron chi connectivity index (χ2n) is 7.07. The van der Waals surface area contributed by atoms with Crippen molar-refractivity contribution in [1.29, 1.82) is 0 Å². The smallest absolute Gasteiger partial charge is 0.307 e. The van der Waals surface area contributed by atoms with E-state index in [4.69, 9.17) is 4.74 Å². The molecule has 2 aromatic rings. The fourth-order valence-electron chi connectivity index (χ4n) is 3.30. The van der Waals surface area contributed by atoms with Crippen LogP contribution >= 0.6 is 0 Å². The normalized spacial score (nSPS) is 13.5. The number of hydrogen-bond donors (Lipinski definition) is 1. The predicted molar refractivity (Wildman–Crippen MR) is 90.7 cm³/mol. The summed E-state index contributed by atoms with van der Waals surface area (Å²) in [5.41, 5.74) is 2.99. The summed E-state index contributed by atoms with van der Waals surface area (Å²) in [6, 6.07) is 10.9. The van der Waals surface area contributed by atoms with Crippen molar-refractivity contribution in [2.24, 2.45) is 0 Å². The first kappa shape index (κ1) is 16.2. The molecule has 2 aromatic carbocycles. The Hall–Kier alpha value is -2.62. The number of fused-ring (bicyclic) bond motifs is 2. The summed E-state index contributed by atoms with van der Waals surface area (Å²) >= 11 is 0. The molecule has 124 valence electrons. The van der Waals surface area contributed by atoms with Crippen molar-refractivity contribution in [1.82, 2.24) is 0 Å². The van der Waals surface area contributed by atoms with Gasteiger partial charge in [-0.25, -0.2) is 0 Å². The Morgan fingerprint density at radius 2 is 1.88 bits per heavy atom. The molecule has 0 amide bonds. The van der Waals surface area contributed by atoms with Crippen LogP contribution in [0.1, 0.15) is 53.4 Å². The maximum Gasteiger partial charge on any atom is 0.307 e. The first-order valence-corrected chi connectivity index (χ1v) is 7.92. The van der Waals surface area contributed by atoms with Crippen molar-refractivity contribution in [2.45, 2.75) is 39.2 Å². The van der Waals surface area contributed by atoms with Gasteiger partial charge in [0, 0.05) is 11.1 Å². The minimum Gasteiger partial charge on any atom is -0.488 e. The summed E-state index contributed by atoms with van der Waals surface area (Å²) in [7, 11) is 0. The van der Waals surface area contributed by atoms with Gasteiger partial charge in [-0.05, 0) is 22.6 Å². The maximum atomic E-state index is 13.2. The van der Waals surface area contributed by atoms with Crippen molar-refractivity contribution in [3.05, 3.63) is 64.2 Å². The lowest BCUT2D eigenvalue weighted by Gasteiger charge is -2.26. The van der Waals surface area contributed by atoms with Gasteiger partial charge in [0.2, 0.25) is 0 Å². The zero-order valence-electron chi connectivity index (χ0n) is 14.1. The van der Waals surface area contributed by atoms with Crippen LogP contribution in [-0.4, -0.2) is 16.9 Å². The molecule has 0 radical (unpaired) electrons. The van der Waals surface area contributed by atoms with Gasteiger partial charge < -0.3 is 9.84 Å². The molecule has 24 heavy (non-hydrogen) atoms. The molecule has 4 nitrogen and oxygen atoms in total. The molecular weight excluding hydrogens is 304 g/mol. The Morgan fingerprint density at radius 3 is 2.54 bits per heavy atom. The predicted octanol–water partition coefficient (Wildman–Crippen LogP) is 3.73. The van der Waals surface area contributed by atoms with E-state index in [1.54, 1.807) is 18.2 Å². The third kappa shape index (κ3) is 2.80. The molecule has 4 heteroatoms. The van der Waals surface area contributed by atoms with E-state index in [9.17, 15) is 14.7 Å². The fourth-order valence-corrected chi connectivity index (χ4v) is 3.30. The Morgan fingerprint density at radius 1 is 1.17 bits per heavy atom. The Balaban J connectivity index is 2.29. The number of carboxylic acid groups (broad SMARTS) is 1. The van der Waals surface area contributed by atoms with Gasteiger partial charge in [-0.3, -0.25) is 9.59 Å². The van der Waals surface area contributed by atoms with Crippen molar-refractivity contribution >= 4 is 11.8 Å². The molecular formula is C20H20O4. The van der Waals surface area contributed by atoms with Gasteiger partial charge in [0.15, 0.2) is 5.78 Å². The van der Waals surface area contributed by atoms with Crippen LogP contribution in [0.15, 0.2) is 36.4 Å². The molecule has 0 aliphatic carbocycles. The van der Waals surface area contributed by atoms with Crippen molar-refractivity contribution in [2.75, 3.05) is 0 Å². The lowest BCUT2D eigenvalue weighted by Crippen LogP contribution is -2.21. The average molecular weight is 324 g/mol. The summed E-state index contributed by atoms with van der Waals surface area (Å²) in [5, 5.41) is 9.22. The van der Waals surface area contributed by atoms with E-state index in [2.05, 4.69) is 0 Å². The van der Waals surface area contributed by atoms with Gasteiger partial charge in [-0.2, -0.15) is 0 Å². The highest BCUT2D eigenvalue weighted by Gasteiger charge is 2.32. The zero-order valence-corrected chi connectivity index (χ0v) is 14.1. The number of ketones is 1. The highest BCUT2D eigenvalue weighted by Crippen LogP contribution is 2.38. The SMILES string of the molecule is CC(C)(C)c1c(CC(=O)O)ccc2c1C(=O)c1ccccc1CO2. The first-order chi connectivity index (χ1) is 11.3. The number of hydrogen-bond acceptors (Lipinski definition) is 3. The summed E-state index contributed by atoms with van der Waals surface area (Å²) in [6.45, 7) is 6.28. The van der Waals surface area contributed by atoms with Crippen LogP contribution in [0.25, 0.3) is 0 Å². The lowest BCUT2D eigenvalue weighted by atomic mass is 9.77. The van der Waals surface area contributed by atoms with E-state index in [1.165, 1.54) is 0 Å². The van der Waals surface area contributed by atoms with Crippen LogP contribution in [-0.2, 0) is 23.2 Å². The van der Waals surface area contributed by atoms with Gasteiger partial charge in [-0.15, -0.1) is 0 Å². The van der Waals surface area contributed by atoms with E-state index in [1.807, 2.05) is 39.0 Å². The van der Waals surface area contributed by atoms with Gasteiger partial charge >= 0.3 is 5.97 Å². The summed E-state index contributed by atoms with van der Waals surface area (Å²) in [6.07, 6.45) is -0.116. The largest absolute Gasteiger partial charge is 0.488 e. The molecule has 0 saturated heterocycles. The molecule has 3 rings (SSSR count). The lowest BCUT2D eigenvalue weighted by molar-refractivity contribution is -0.136. The van der Waals surface area contributed by atoms with E-state index in [-0.39, 0.29) is 17.6 Å². The van der Waals surface area contributed by atoms with Crippen LogP contribution < -0.4 is 4.74 Å². The third-order valence-electron chi connectivity index (χ3n) is 4.22. The third-order valence-corrected chi connectivity index (χ3v) is 4.22. The summed E-state index contributed by atoms with van der Waals surface area (Å²) in [5.74, 6) is -0.492. The van der Waals surface area contributed by atoms with Crippen LogP contribution in [0.3, 0.4) is 0 Å². The highest BCUT2D eigenvalue weighted by atomic mass is 16.5. The molecule has 1 N–H and O–H groups in total. The first-order valence-electron chi connectivity index (χ1n) is 7.92. The van der Waals surface area contributed by atoms with E-state index < -0.39 is 5.97 Å². The Labute approximate surface area is 141 Å². The topological polar surface area (TPSA) is 63.6 Å². The number of carbonyl (C=O) groups is 2. The van der Waals surface area contributed by atoms with Gasteiger partial charge in [0.1, 0.15) is 12.4 Å². The summed E-state index contributed by atoms with van der Waals surface area (Å²) < 4.78 is 5.87. The standard InChI is InChI=1S/C20H20O4/c1-20(2,3)18-12(10-16(21)22)8-9-15-17(18)19(23)14-7-5-4-6-13(14)11-24-15/h4-9H,10-11H2,1-3H3,(H,21,22). The molecule has 0 spiro atoms. The van der Waals surface area contributed by atoms with Crippen LogP contribution in [0.4, 0.5) is 0 Å².